The lowest BCUT2D eigenvalue weighted by molar-refractivity contribution is -0.155. The minimum atomic E-state index is -0.477. The number of aliphatic hydroxyl groups is 1. The first-order valence-corrected chi connectivity index (χ1v) is 22.4. The number of ketones is 2. The predicted molar refractivity (Wildman–Crippen MR) is 243 cm³/mol. The van der Waals surface area contributed by atoms with E-state index in [1.807, 2.05) is 70.1 Å². The topological polar surface area (TPSA) is 130 Å². The van der Waals surface area contributed by atoms with Crippen LogP contribution < -0.4 is 0 Å². The quantitative estimate of drug-likeness (QED) is 0.144. The molecule has 6 aromatic rings. The summed E-state index contributed by atoms with van der Waals surface area (Å²) < 4.78 is 15.9. The van der Waals surface area contributed by atoms with Gasteiger partial charge in [0.15, 0.2) is 17.9 Å². The number of aromatic nitrogens is 2. The lowest BCUT2D eigenvalue weighted by Crippen LogP contribution is -2.53. The number of hydrogen-bond donors (Lipinski definition) is 1. The maximum Gasteiger partial charge on any atom is 0.320 e. The van der Waals surface area contributed by atoms with Crippen molar-refractivity contribution in [1.82, 2.24) is 28.7 Å². The van der Waals surface area contributed by atoms with Gasteiger partial charge in [-0.15, -0.1) is 0 Å². The third-order valence-electron chi connectivity index (χ3n) is 13.7. The Morgan fingerprint density at radius 2 is 1.12 bits per heavy atom. The van der Waals surface area contributed by atoms with Gasteiger partial charge in [0, 0.05) is 116 Å². The minimum absolute atomic E-state index is 0.0298. The summed E-state index contributed by atoms with van der Waals surface area (Å²) in [4.78, 5) is 57.1. The summed E-state index contributed by atoms with van der Waals surface area (Å²) in [7, 11) is 3.77. The first kappa shape index (κ1) is 41.7. The average molecular weight is 863 g/mol. The van der Waals surface area contributed by atoms with Crippen LogP contribution in [0.4, 0.5) is 9.59 Å². The van der Waals surface area contributed by atoms with Crippen LogP contribution in [0.2, 0.25) is 0 Å². The molecule has 13 heteroatoms. The Hall–Kier alpha value is -6.28. The lowest BCUT2D eigenvalue weighted by Gasteiger charge is -2.42. The largest absolute Gasteiger partial charge is 0.388 e. The zero-order chi connectivity index (χ0) is 44.1. The second kappa shape index (κ2) is 17.4. The van der Waals surface area contributed by atoms with E-state index in [-0.39, 0.29) is 36.5 Å². The molecule has 330 valence electrons. The molecule has 5 aliphatic rings. The first-order valence-electron chi connectivity index (χ1n) is 22.4. The fourth-order valence-corrected chi connectivity index (χ4v) is 10.6. The molecule has 13 nitrogen and oxygen atoms in total. The molecule has 0 aliphatic carbocycles. The Morgan fingerprint density at radius 1 is 0.641 bits per heavy atom. The number of fused-ring (bicyclic) bond motifs is 12. The Labute approximate surface area is 372 Å². The van der Waals surface area contributed by atoms with Gasteiger partial charge in [-0.1, -0.05) is 84.9 Å². The molecule has 3 saturated heterocycles. The van der Waals surface area contributed by atoms with Gasteiger partial charge >= 0.3 is 12.1 Å². The van der Waals surface area contributed by atoms with Gasteiger partial charge in [0.25, 0.3) is 0 Å². The summed E-state index contributed by atoms with van der Waals surface area (Å²) in [6.07, 6.45) is 2.72. The van der Waals surface area contributed by atoms with Gasteiger partial charge in [-0.2, -0.15) is 0 Å². The van der Waals surface area contributed by atoms with Gasteiger partial charge in [-0.3, -0.25) is 9.59 Å². The maximum absolute atomic E-state index is 12.7. The molecule has 4 aromatic carbocycles. The van der Waals surface area contributed by atoms with E-state index in [2.05, 4.69) is 57.7 Å². The second-order valence-corrected chi connectivity index (χ2v) is 17.9. The van der Waals surface area contributed by atoms with E-state index in [0.717, 1.165) is 56.6 Å². The van der Waals surface area contributed by atoms with Crippen LogP contribution in [0.25, 0.3) is 21.8 Å². The third-order valence-corrected chi connectivity index (χ3v) is 13.7. The number of benzene rings is 4. The Bertz CT molecular complexity index is 2750. The zero-order valence-corrected chi connectivity index (χ0v) is 36.4. The average Bonchev–Trinajstić information content (AvgIpc) is 3.81. The number of aliphatic hydroxyl groups excluding tert-OH is 1. The summed E-state index contributed by atoms with van der Waals surface area (Å²) in [6.45, 7) is 5.94. The molecule has 4 bridgehead atoms. The lowest BCUT2D eigenvalue weighted by atomic mass is 9.90. The van der Waals surface area contributed by atoms with Crippen LogP contribution in [0, 0.1) is 0 Å². The van der Waals surface area contributed by atoms with E-state index in [0.29, 0.717) is 55.7 Å². The predicted octanol–water partition coefficient (Wildman–Crippen LogP) is 7.21. The number of amides is 4. The smallest absolute Gasteiger partial charge is 0.320 e. The van der Waals surface area contributed by atoms with Crippen molar-refractivity contribution in [2.45, 2.75) is 63.6 Å². The van der Waals surface area contributed by atoms with Crippen molar-refractivity contribution in [3.8, 4) is 0 Å². The van der Waals surface area contributed by atoms with E-state index in [9.17, 15) is 19.2 Å². The molecule has 0 saturated carbocycles. The van der Waals surface area contributed by atoms with Crippen molar-refractivity contribution in [2.75, 3.05) is 60.1 Å². The molecule has 2 aromatic heterocycles. The number of para-hydroxylation sites is 2. The molecule has 1 N–H and O–H groups in total. The van der Waals surface area contributed by atoms with Gasteiger partial charge < -0.3 is 43.3 Å². The highest BCUT2D eigenvalue weighted by atomic mass is 16.7. The van der Waals surface area contributed by atoms with Crippen molar-refractivity contribution in [3.63, 3.8) is 0 Å². The fraction of sp³-hybridized carbons (Fsp3) is 0.373. The molecule has 4 amide bonds. The molecule has 64 heavy (non-hydrogen) atoms. The molecular formula is C51H54N6O7. The molecule has 0 spiro atoms. The maximum atomic E-state index is 12.7. The number of urea groups is 2. The molecule has 5 aliphatic heterocycles. The SMILES string of the molecule is CN1CC2CN(Cc3c2c2ccccc2n3Cc2ccc(C(=O)CO)cc2)C1=O.CN1CC2CN(Cc3c2c2ccccc2n3Cc2ccc(C(=O)COC3CCCCO3)cc2)C1=O. The Kier molecular flexibility index (Phi) is 11.3. The molecular weight excluding hydrogens is 809 g/mol. The van der Waals surface area contributed by atoms with Crippen LogP contribution in [0.1, 0.15) is 85.5 Å². The third kappa shape index (κ3) is 7.75. The Morgan fingerprint density at radius 3 is 1.59 bits per heavy atom. The molecule has 3 fully saturated rings. The van der Waals surface area contributed by atoms with Gasteiger partial charge in [-0.05, 0) is 53.6 Å². The molecule has 0 radical (unpaired) electrons. The van der Waals surface area contributed by atoms with Crippen LogP contribution in [0.3, 0.4) is 0 Å². The number of likely N-dealkylation sites (N-methyl/N-ethyl adjacent to an activating group) is 2. The van der Waals surface area contributed by atoms with Gasteiger partial charge in [0.1, 0.15) is 13.2 Å². The van der Waals surface area contributed by atoms with E-state index in [1.165, 1.54) is 44.3 Å². The summed E-state index contributed by atoms with van der Waals surface area (Å²) >= 11 is 0. The van der Waals surface area contributed by atoms with E-state index < -0.39 is 6.61 Å². The summed E-state index contributed by atoms with van der Waals surface area (Å²) in [5, 5.41) is 11.6. The number of nitrogens with zero attached hydrogens (tertiary/aromatic N) is 6. The van der Waals surface area contributed by atoms with Crippen molar-refractivity contribution in [2.24, 2.45) is 0 Å². The number of ether oxygens (including phenoxy) is 2. The summed E-state index contributed by atoms with van der Waals surface area (Å²) in [5.74, 6) is 0.333. The van der Waals surface area contributed by atoms with E-state index in [4.69, 9.17) is 14.6 Å². The van der Waals surface area contributed by atoms with E-state index in [1.54, 1.807) is 12.1 Å². The number of carbonyl (C=O) groups excluding carboxylic acids is 4. The normalized spacial score (nSPS) is 20.3. The standard InChI is InChI=1S/C28H31N3O4.C23H23N3O3/c1-29-15-21-16-30(28(29)33)17-24-27(21)22-6-2-3-7-23(22)31(24)14-19-9-11-20(12-10-19)25(32)18-35-26-8-4-5-13-34-26;1-24-11-17-12-25(23(24)29)13-20-22(17)18-4-2-3-5-19(18)26(20)10-15-6-8-16(9-7-15)21(28)14-27/h2-3,6-7,9-12,21,26H,4-5,8,13-18H2,1H3;2-9,17,27H,10-14H2,1H3. The van der Waals surface area contributed by atoms with Crippen LogP contribution in [0.5, 0.6) is 0 Å². The fourth-order valence-electron chi connectivity index (χ4n) is 10.6. The second-order valence-electron chi connectivity index (χ2n) is 17.9. The number of rotatable bonds is 10. The number of Topliss-reactive ketones (excluding diaryl/α,β-unsaturated/α-hetero) is 2. The van der Waals surface area contributed by atoms with Gasteiger partial charge in [-0.25, -0.2) is 9.59 Å². The van der Waals surface area contributed by atoms with Crippen molar-refractivity contribution >= 4 is 45.4 Å². The summed E-state index contributed by atoms with van der Waals surface area (Å²) in [6, 6.07) is 32.4. The molecule has 3 atom stereocenters. The summed E-state index contributed by atoms with van der Waals surface area (Å²) in [5.41, 5.74) is 10.9. The Balaban J connectivity index is 0.000000154. The van der Waals surface area contributed by atoms with E-state index >= 15 is 0 Å². The van der Waals surface area contributed by atoms with Crippen molar-refractivity contribution < 1.29 is 33.8 Å². The van der Waals surface area contributed by atoms with Crippen LogP contribution >= 0.6 is 0 Å². The zero-order valence-electron chi connectivity index (χ0n) is 36.4. The van der Waals surface area contributed by atoms with Gasteiger partial charge in [0.2, 0.25) is 0 Å². The number of carbonyl (C=O) groups is 4. The molecule has 11 rings (SSSR count). The highest BCUT2D eigenvalue weighted by molar-refractivity contribution is 5.97. The molecule has 3 unspecified atom stereocenters. The highest BCUT2D eigenvalue weighted by Crippen LogP contribution is 2.41. The van der Waals surface area contributed by atoms with Crippen LogP contribution in [-0.4, -0.2) is 124 Å². The number of hydrogen-bond acceptors (Lipinski definition) is 7. The minimum Gasteiger partial charge on any atom is -0.388 e. The molecule has 7 heterocycles. The van der Waals surface area contributed by atoms with Crippen molar-refractivity contribution in [1.29, 1.82) is 0 Å². The van der Waals surface area contributed by atoms with Crippen LogP contribution in [-0.2, 0) is 35.7 Å². The first-order chi connectivity index (χ1) is 31.1. The van der Waals surface area contributed by atoms with Crippen molar-refractivity contribution in [3.05, 3.63) is 142 Å². The highest BCUT2D eigenvalue weighted by Gasteiger charge is 2.40. The monoisotopic (exact) mass is 862 g/mol. The van der Waals surface area contributed by atoms with Crippen LogP contribution in [0.15, 0.2) is 97.1 Å². The van der Waals surface area contributed by atoms with Gasteiger partial charge in [0.05, 0.1) is 13.1 Å².